The lowest BCUT2D eigenvalue weighted by Gasteiger charge is -2.07. The number of allylic oxidation sites excluding steroid dienone is 2. The van der Waals surface area contributed by atoms with Crippen LogP contribution in [0.3, 0.4) is 0 Å². The zero-order chi connectivity index (χ0) is 17.1. The van der Waals surface area contributed by atoms with E-state index in [1.165, 1.54) is 33.4 Å². The van der Waals surface area contributed by atoms with E-state index in [9.17, 15) is 0 Å². The van der Waals surface area contributed by atoms with E-state index in [0.29, 0.717) is 0 Å². The molecule has 0 spiro atoms. The van der Waals surface area contributed by atoms with Crippen LogP contribution in [0, 0.1) is 27.7 Å². The van der Waals surface area contributed by atoms with E-state index in [1.54, 1.807) is 0 Å². The number of benzene rings is 1. The van der Waals surface area contributed by atoms with Gasteiger partial charge in [-0.15, -0.1) is 0 Å². The third-order valence-electron chi connectivity index (χ3n) is 4.81. The van der Waals surface area contributed by atoms with Crippen molar-refractivity contribution in [3.05, 3.63) is 68.4 Å². The third kappa shape index (κ3) is 3.61. The molecule has 2 rings (SSSR count). The Kier molecular flexibility index (Phi) is 5.20. The van der Waals surface area contributed by atoms with Crippen molar-refractivity contribution in [2.24, 2.45) is 0 Å². The Hall–Kier alpha value is -2.15. The maximum absolute atomic E-state index is 4.55. The van der Waals surface area contributed by atoms with E-state index in [2.05, 4.69) is 76.5 Å². The molecule has 0 fully saturated rings. The fraction of sp³-hybridized carbons (Fsp3) is 0.318. The molecule has 0 amide bonds. The van der Waals surface area contributed by atoms with E-state index < -0.39 is 0 Å². The molecular weight excluding hydrogens is 278 g/mol. The fourth-order valence-corrected chi connectivity index (χ4v) is 2.86. The van der Waals surface area contributed by atoms with Gasteiger partial charge in [0, 0.05) is 10.9 Å². The summed E-state index contributed by atoms with van der Waals surface area (Å²) in [4.78, 5) is 4.55. The van der Waals surface area contributed by atoms with Crippen molar-refractivity contribution >= 4 is 18.2 Å². The zero-order valence-corrected chi connectivity index (χ0v) is 15.2. The van der Waals surface area contributed by atoms with Crippen LogP contribution in [0.25, 0.3) is 18.2 Å². The van der Waals surface area contributed by atoms with Gasteiger partial charge in [-0.05, 0) is 74.4 Å². The molecule has 1 heteroatoms. The molecule has 1 aromatic heterocycles. The number of nitrogens with zero attached hydrogens (tertiary/aromatic N) is 1. The van der Waals surface area contributed by atoms with Gasteiger partial charge in [0.05, 0.1) is 5.35 Å². The summed E-state index contributed by atoms with van der Waals surface area (Å²) in [5.41, 5.74) is 8.90. The molecule has 120 valence electrons. The molecule has 23 heavy (non-hydrogen) atoms. The first-order valence-corrected chi connectivity index (χ1v) is 8.26. The zero-order valence-electron chi connectivity index (χ0n) is 15.2. The Bertz CT molecular complexity index is 870. The van der Waals surface area contributed by atoms with Gasteiger partial charge in [0.25, 0.3) is 0 Å². The number of hydrogen-bond donors (Lipinski definition) is 0. The lowest BCUT2D eigenvalue weighted by molar-refractivity contribution is 1.07. The molecule has 0 aliphatic heterocycles. The van der Waals surface area contributed by atoms with Gasteiger partial charge in [-0.2, -0.15) is 0 Å². The molecule has 1 heterocycles. The van der Waals surface area contributed by atoms with Crippen LogP contribution in [-0.4, -0.2) is 4.98 Å². The van der Waals surface area contributed by atoms with Crippen molar-refractivity contribution in [2.45, 2.75) is 48.0 Å². The minimum absolute atomic E-state index is 0.854. The van der Waals surface area contributed by atoms with Crippen LogP contribution < -0.4 is 10.6 Å². The van der Waals surface area contributed by atoms with Gasteiger partial charge in [0.15, 0.2) is 0 Å². The first-order chi connectivity index (χ1) is 10.8. The van der Waals surface area contributed by atoms with Crippen molar-refractivity contribution in [1.29, 1.82) is 0 Å². The van der Waals surface area contributed by atoms with E-state index in [4.69, 9.17) is 0 Å². The van der Waals surface area contributed by atoms with Gasteiger partial charge in [0.2, 0.25) is 0 Å². The largest absolute Gasteiger partial charge is 0.253 e. The molecular formula is C22H27N. The predicted octanol–water partition coefficient (Wildman–Crippen LogP) is 4.17. The summed E-state index contributed by atoms with van der Waals surface area (Å²) in [5, 5.41) is 1.99. The highest BCUT2D eigenvalue weighted by Gasteiger charge is 2.02. The van der Waals surface area contributed by atoms with Crippen molar-refractivity contribution in [3.8, 4) is 0 Å². The highest BCUT2D eigenvalue weighted by atomic mass is 14.7. The van der Waals surface area contributed by atoms with Crippen LogP contribution in [0.1, 0.15) is 47.4 Å². The SMILES string of the molecule is C=c1nc(C)c(C)c(C)/c1=C/C=C(\C)c1ccc(C)c(CC)c1. The molecule has 0 saturated carbocycles. The predicted molar refractivity (Wildman–Crippen MR) is 102 cm³/mol. The van der Waals surface area contributed by atoms with Crippen LogP contribution in [0.2, 0.25) is 0 Å². The van der Waals surface area contributed by atoms with Crippen molar-refractivity contribution in [2.75, 3.05) is 0 Å². The van der Waals surface area contributed by atoms with E-state index in [1.807, 2.05) is 6.92 Å². The van der Waals surface area contributed by atoms with Gasteiger partial charge in [-0.1, -0.05) is 43.9 Å². The minimum Gasteiger partial charge on any atom is -0.253 e. The van der Waals surface area contributed by atoms with E-state index >= 15 is 0 Å². The Morgan fingerprint density at radius 2 is 1.83 bits per heavy atom. The average molecular weight is 305 g/mol. The summed E-state index contributed by atoms with van der Waals surface area (Å²) in [5.74, 6) is 0. The molecule has 0 aliphatic carbocycles. The van der Waals surface area contributed by atoms with Gasteiger partial charge in [0.1, 0.15) is 0 Å². The lowest BCUT2D eigenvalue weighted by atomic mass is 9.98. The molecule has 2 aromatic rings. The second kappa shape index (κ2) is 6.95. The van der Waals surface area contributed by atoms with Gasteiger partial charge >= 0.3 is 0 Å². The van der Waals surface area contributed by atoms with Gasteiger partial charge in [-0.25, -0.2) is 0 Å². The topological polar surface area (TPSA) is 12.9 Å². The highest BCUT2D eigenvalue weighted by molar-refractivity contribution is 5.70. The minimum atomic E-state index is 0.854. The molecule has 1 nitrogen and oxygen atoms in total. The van der Waals surface area contributed by atoms with Crippen molar-refractivity contribution < 1.29 is 0 Å². The molecule has 1 aromatic carbocycles. The van der Waals surface area contributed by atoms with Gasteiger partial charge < -0.3 is 0 Å². The quantitative estimate of drug-likeness (QED) is 0.829. The second-order valence-corrected chi connectivity index (χ2v) is 6.32. The standard InChI is InChI=1S/C22H27N/c1-8-20-13-21(11-9-14(20)2)15(3)10-12-22-17(5)16(4)18(6)23-19(22)7/h9-13H,7-8H2,1-6H3/b15-10+,22-12-. The maximum atomic E-state index is 4.55. The van der Waals surface area contributed by atoms with E-state index in [0.717, 1.165) is 22.7 Å². The highest BCUT2D eigenvalue weighted by Crippen LogP contribution is 2.18. The van der Waals surface area contributed by atoms with Crippen LogP contribution in [0.4, 0.5) is 0 Å². The van der Waals surface area contributed by atoms with Gasteiger partial charge in [-0.3, -0.25) is 4.98 Å². The number of hydrogen-bond acceptors (Lipinski definition) is 1. The summed E-state index contributed by atoms with van der Waals surface area (Å²) >= 11 is 0. The summed E-state index contributed by atoms with van der Waals surface area (Å²) in [7, 11) is 0. The Morgan fingerprint density at radius 1 is 1.13 bits per heavy atom. The number of rotatable bonds is 3. The molecule has 0 atom stereocenters. The summed E-state index contributed by atoms with van der Waals surface area (Å²) < 4.78 is 0. The molecule has 0 bridgehead atoms. The summed E-state index contributed by atoms with van der Waals surface area (Å²) in [6, 6.07) is 6.71. The second-order valence-electron chi connectivity index (χ2n) is 6.32. The Balaban J connectivity index is 2.52. The molecule has 0 N–H and O–H groups in total. The average Bonchev–Trinajstić information content (AvgIpc) is 2.52. The smallest absolute Gasteiger partial charge is 0.0636 e. The summed E-state index contributed by atoms with van der Waals surface area (Å²) in [6.07, 6.45) is 5.40. The monoisotopic (exact) mass is 305 g/mol. The first-order valence-electron chi connectivity index (χ1n) is 8.26. The number of aryl methyl sites for hydroxylation is 3. The fourth-order valence-electron chi connectivity index (χ4n) is 2.86. The van der Waals surface area contributed by atoms with Crippen LogP contribution >= 0.6 is 0 Å². The van der Waals surface area contributed by atoms with Crippen molar-refractivity contribution in [3.63, 3.8) is 0 Å². The summed E-state index contributed by atoms with van der Waals surface area (Å²) in [6.45, 7) is 17.0. The van der Waals surface area contributed by atoms with Crippen molar-refractivity contribution in [1.82, 2.24) is 4.98 Å². The molecule has 0 unspecified atom stereocenters. The molecule has 0 aliphatic rings. The number of pyridine rings is 1. The van der Waals surface area contributed by atoms with Crippen LogP contribution in [-0.2, 0) is 6.42 Å². The maximum Gasteiger partial charge on any atom is 0.0636 e. The lowest BCUT2D eigenvalue weighted by Crippen LogP contribution is -2.31. The Morgan fingerprint density at radius 3 is 2.48 bits per heavy atom. The molecule has 0 saturated heterocycles. The van der Waals surface area contributed by atoms with E-state index in [-0.39, 0.29) is 0 Å². The normalized spacial score (nSPS) is 12.8. The Labute approximate surface area is 140 Å². The number of aromatic nitrogens is 1. The van der Waals surface area contributed by atoms with Crippen LogP contribution in [0.5, 0.6) is 0 Å². The van der Waals surface area contributed by atoms with Crippen LogP contribution in [0.15, 0.2) is 24.3 Å². The third-order valence-corrected chi connectivity index (χ3v) is 4.81. The first kappa shape index (κ1) is 17.2. The molecule has 0 radical (unpaired) electrons.